The van der Waals surface area contributed by atoms with Crippen LogP contribution in [-0.4, -0.2) is 44.5 Å². The highest BCUT2D eigenvalue weighted by Gasteiger charge is 2.34. The first-order valence-corrected chi connectivity index (χ1v) is 8.36. The van der Waals surface area contributed by atoms with Crippen molar-refractivity contribution in [1.29, 1.82) is 0 Å². The Labute approximate surface area is 148 Å². The summed E-state index contributed by atoms with van der Waals surface area (Å²) in [5.41, 5.74) is 1.45. The number of aromatic amines is 1. The van der Waals surface area contributed by atoms with E-state index in [1.165, 1.54) is 6.20 Å². The summed E-state index contributed by atoms with van der Waals surface area (Å²) < 4.78 is 7.44. The molecule has 0 bridgehead atoms. The van der Waals surface area contributed by atoms with Gasteiger partial charge in [0, 0.05) is 54.3 Å². The number of hydrogen-bond donors (Lipinski definition) is 3. The highest BCUT2D eigenvalue weighted by Crippen LogP contribution is 2.26. The third-order valence-corrected chi connectivity index (χ3v) is 4.63. The number of aromatic nitrogens is 3. The predicted octanol–water partition coefficient (Wildman–Crippen LogP) is 2.11. The lowest BCUT2D eigenvalue weighted by Crippen LogP contribution is -2.34. The molecule has 3 N–H and O–H groups in total. The van der Waals surface area contributed by atoms with Gasteiger partial charge in [0.1, 0.15) is 6.10 Å². The Morgan fingerprint density at radius 2 is 2.31 bits per heavy atom. The molecule has 0 spiro atoms. The van der Waals surface area contributed by atoms with Crippen molar-refractivity contribution in [2.24, 2.45) is 5.92 Å². The first-order valence-electron chi connectivity index (χ1n) is 8.36. The van der Waals surface area contributed by atoms with Crippen LogP contribution in [-0.2, 0) is 16.1 Å². The molecule has 1 fully saturated rings. The number of benzene rings is 1. The maximum atomic E-state index is 12.6. The van der Waals surface area contributed by atoms with Gasteiger partial charge in [-0.1, -0.05) is 0 Å². The zero-order chi connectivity index (χ0) is 18.1. The Balaban J connectivity index is 1.48. The highest BCUT2D eigenvalue weighted by molar-refractivity contribution is 6.04. The largest absolute Gasteiger partial charge is 0.478 e. The number of nitrogens with one attached hydrogen (secondary N) is 2. The first-order chi connectivity index (χ1) is 12.6. The third kappa shape index (κ3) is 3.06. The lowest BCUT2D eigenvalue weighted by molar-refractivity contribution is -0.126. The van der Waals surface area contributed by atoms with Crippen LogP contribution in [0, 0.1) is 5.92 Å². The number of carbonyl (C=O) groups excluding carboxylic acids is 1. The van der Waals surface area contributed by atoms with E-state index in [1.54, 1.807) is 29.1 Å². The summed E-state index contributed by atoms with van der Waals surface area (Å²) in [7, 11) is 0. The predicted molar refractivity (Wildman–Crippen MR) is 94.0 cm³/mol. The number of nitrogens with zero attached hydrogens (tertiary/aromatic N) is 2. The minimum Gasteiger partial charge on any atom is -0.478 e. The summed E-state index contributed by atoms with van der Waals surface area (Å²) in [4.78, 5) is 26.7. The molecule has 8 nitrogen and oxygen atoms in total. The van der Waals surface area contributed by atoms with E-state index >= 15 is 0 Å². The molecule has 134 valence electrons. The number of H-pyrrole nitrogens is 1. The summed E-state index contributed by atoms with van der Waals surface area (Å²) in [5.74, 6) is -1.14. The van der Waals surface area contributed by atoms with Gasteiger partial charge in [-0.15, -0.1) is 0 Å². The summed E-state index contributed by atoms with van der Waals surface area (Å²) in [6, 6.07) is 6.94. The number of carboxylic acids is 1. The fourth-order valence-electron chi connectivity index (χ4n) is 3.35. The van der Waals surface area contributed by atoms with Crippen LogP contribution in [0.4, 0.5) is 5.69 Å². The Bertz CT molecular complexity index is 947. The van der Waals surface area contributed by atoms with E-state index < -0.39 is 12.1 Å². The van der Waals surface area contributed by atoms with Crippen molar-refractivity contribution in [3.63, 3.8) is 0 Å². The van der Waals surface area contributed by atoms with Gasteiger partial charge in [-0.05, 0) is 30.7 Å². The number of aromatic carboxylic acids is 1. The van der Waals surface area contributed by atoms with Crippen LogP contribution in [0.1, 0.15) is 16.8 Å². The average molecular weight is 354 g/mol. The molecule has 26 heavy (non-hydrogen) atoms. The molecule has 8 heteroatoms. The molecule has 2 atom stereocenters. The smallest absolute Gasteiger partial charge is 0.337 e. The molecular formula is C18H18N4O4. The normalized spacial score (nSPS) is 19.7. The monoisotopic (exact) mass is 354 g/mol. The molecule has 1 amide bonds. The summed E-state index contributed by atoms with van der Waals surface area (Å²) in [6.45, 7) is 1.17. The van der Waals surface area contributed by atoms with E-state index in [4.69, 9.17) is 9.84 Å². The van der Waals surface area contributed by atoms with Crippen molar-refractivity contribution in [3.8, 4) is 0 Å². The van der Waals surface area contributed by atoms with Gasteiger partial charge in [0.05, 0.1) is 5.56 Å². The molecule has 4 rings (SSSR count). The van der Waals surface area contributed by atoms with Crippen LogP contribution in [0.5, 0.6) is 0 Å². The SMILES string of the molecule is O=C(O)c1c[nH]c2cc(NC(=O)[C@@H]3OCC[C@@H]3Cn3cccn3)ccc12. The zero-order valence-corrected chi connectivity index (χ0v) is 13.9. The molecule has 2 aromatic heterocycles. The minimum atomic E-state index is -0.992. The van der Waals surface area contributed by atoms with Crippen molar-refractivity contribution in [1.82, 2.24) is 14.8 Å². The van der Waals surface area contributed by atoms with Gasteiger partial charge in [0.25, 0.3) is 5.91 Å². The topological polar surface area (TPSA) is 109 Å². The molecule has 1 aliphatic heterocycles. The molecule has 1 aliphatic rings. The maximum absolute atomic E-state index is 12.6. The van der Waals surface area contributed by atoms with E-state index in [9.17, 15) is 9.59 Å². The van der Waals surface area contributed by atoms with Gasteiger partial charge in [0.15, 0.2) is 0 Å². The fraction of sp³-hybridized carbons (Fsp3) is 0.278. The molecule has 3 aromatic rings. The van der Waals surface area contributed by atoms with E-state index in [0.29, 0.717) is 29.7 Å². The molecule has 1 aromatic carbocycles. The molecule has 1 saturated heterocycles. The highest BCUT2D eigenvalue weighted by atomic mass is 16.5. The average Bonchev–Trinajstić information content (AvgIpc) is 3.35. The number of carboxylic acid groups (broad SMARTS) is 1. The van der Waals surface area contributed by atoms with Crippen molar-refractivity contribution in [2.75, 3.05) is 11.9 Å². The zero-order valence-electron chi connectivity index (χ0n) is 13.9. The second-order valence-electron chi connectivity index (χ2n) is 6.33. The Morgan fingerprint density at radius 1 is 1.42 bits per heavy atom. The molecular weight excluding hydrogens is 336 g/mol. The number of ether oxygens (including phenoxy) is 1. The number of carbonyl (C=O) groups is 2. The third-order valence-electron chi connectivity index (χ3n) is 4.63. The van der Waals surface area contributed by atoms with Gasteiger partial charge >= 0.3 is 5.97 Å². The lowest BCUT2D eigenvalue weighted by atomic mass is 10.0. The van der Waals surface area contributed by atoms with E-state index in [2.05, 4.69) is 15.4 Å². The number of hydrogen-bond acceptors (Lipinski definition) is 4. The second kappa shape index (κ2) is 6.64. The number of fused-ring (bicyclic) bond motifs is 1. The minimum absolute atomic E-state index is 0.0581. The van der Waals surface area contributed by atoms with Crippen LogP contribution in [0.2, 0.25) is 0 Å². The number of rotatable bonds is 5. The maximum Gasteiger partial charge on any atom is 0.337 e. The van der Waals surface area contributed by atoms with Crippen LogP contribution in [0.3, 0.4) is 0 Å². The molecule has 3 heterocycles. The van der Waals surface area contributed by atoms with Crippen molar-refractivity contribution >= 4 is 28.5 Å². The Morgan fingerprint density at radius 3 is 3.08 bits per heavy atom. The molecule has 0 unspecified atom stereocenters. The molecule has 0 saturated carbocycles. The van der Waals surface area contributed by atoms with Crippen molar-refractivity contribution < 1.29 is 19.4 Å². The van der Waals surface area contributed by atoms with Crippen molar-refractivity contribution in [3.05, 3.63) is 48.4 Å². The van der Waals surface area contributed by atoms with Crippen molar-refractivity contribution in [2.45, 2.75) is 19.1 Å². The van der Waals surface area contributed by atoms with Gasteiger partial charge in [-0.3, -0.25) is 9.48 Å². The quantitative estimate of drug-likeness (QED) is 0.650. The Hall–Kier alpha value is -3.13. The molecule has 0 radical (unpaired) electrons. The second-order valence-corrected chi connectivity index (χ2v) is 6.33. The van der Waals surface area contributed by atoms with Gasteiger partial charge in [0.2, 0.25) is 0 Å². The van der Waals surface area contributed by atoms with Gasteiger partial charge in [-0.2, -0.15) is 5.10 Å². The van der Waals surface area contributed by atoms with E-state index in [0.717, 1.165) is 6.42 Å². The van der Waals surface area contributed by atoms with Gasteiger partial charge in [-0.25, -0.2) is 4.79 Å². The van der Waals surface area contributed by atoms with Crippen LogP contribution in [0.25, 0.3) is 10.9 Å². The number of amides is 1. The van der Waals surface area contributed by atoms with E-state index in [1.807, 2.05) is 12.3 Å². The van der Waals surface area contributed by atoms with Crippen LogP contribution in [0.15, 0.2) is 42.9 Å². The lowest BCUT2D eigenvalue weighted by Gasteiger charge is -2.18. The van der Waals surface area contributed by atoms with Gasteiger partial charge < -0.3 is 20.1 Å². The fourth-order valence-corrected chi connectivity index (χ4v) is 3.35. The van der Waals surface area contributed by atoms with Crippen LogP contribution < -0.4 is 5.32 Å². The Kier molecular flexibility index (Phi) is 4.18. The summed E-state index contributed by atoms with van der Waals surface area (Å²) in [6.07, 6.45) is 5.29. The summed E-state index contributed by atoms with van der Waals surface area (Å²) >= 11 is 0. The standard InChI is InChI=1S/C18H18N4O4/c23-17(16-11(4-7-26-16)10-22-6-1-5-20-22)21-12-2-3-13-14(18(24)25)9-19-15(13)8-12/h1-3,5-6,8-9,11,16,19H,4,7,10H2,(H,21,23)(H,24,25)/t11-,16-/m1/s1. The van der Waals surface area contributed by atoms with Crippen LogP contribution >= 0.6 is 0 Å². The first kappa shape index (κ1) is 16.3. The number of anilines is 1. The summed E-state index contributed by atoms with van der Waals surface area (Å²) in [5, 5.41) is 16.8. The molecule has 0 aliphatic carbocycles. The van der Waals surface area contributed by atoms with E-state index in [-0.39, 0.29) is 17.4 Å².